The van der Waals surface area contributed by atoms with Gasteiger partial charge in [-0.3, -0.25) is 14.7 Å². The molecule has 0 heterocycles. The van der Waals surface area contributed by atoms with Crippen LogP contribution in [-0.2, 0) is 16.5 Å². The number of non-ortho nitro benzene ring substituents is 1. The van der Waals surface area contributed by atoms with Gasteiger partial charge in [-0.05, 0) is 52.8 Å². The van der Waals surface area contributed by atoms with Crippen LogP contribution in [0.5, 0.6) is 0 Å². The van der Waals surface area contributed by atoms with Gasteiger partial charge in [0.05, 0.1) is 4.92 Å². The first-order chi connectivity index (χ1) is 10.2. The minimum atomic E-state index is -4.36. The van der Waals surface area contributed by atoms with Crippen molar-refractivity contribution in [2.45, 2.75) is 18.2 Å². The van der Waals surface area contributed by atoms with Crippen molar-refractivity contribution in [3.05, 3.63) is 67.8 Å². The summed E-state index contributed by atoms with van der Waals surface area (Å²) in [4.78, 5) is 8.98. The molecule has 0 atom stereocenters. The molecule has 0 saturated carbocycles. The Labute approximate surface area is 142 Å². The van der Waals surface area contributed by atoms with E-state index in [1.54, 1.807) is 0 Å². The van der Waals surface area contributed by atoms with E-state index in [1.165, 1.54) is 15.2 Å². The molecule has 0 amide bonds. The number of halogens is 1. The van der Waals surface area contributed by atoms with E-state index in [0.717, 1.165) is 24.6 Å². The van der Waals surface area contributed by atoms with Crippen LogP contribution in [0.15, 0.2) is 53.4 Å². The molecule has 0 fully saturated rings. The van der Waals surface area contributed by atoms with Crippen molar-refractivity contribution in [1.29, 1.82) is 0 Å². The summed E-state index contributed by atoms with van der Waals surface area (Å²) in [6.45, 7) is 2.17. The monoisotopic (exact) mass is 435 g/mol. The number of nitro groups is 1. The highest BCUT2D eigenvalue weighted by atomic mass is 127. The second-order valence-corrected chi connectivity index (χ2v) is 6.88. The van der Waals surface area contributed by atoms with E-state index in [0.29, 0.717) is 0 Å². The molecular formula is C14H14INO5S. The number of aryl methyl sites for hydroxylation is 1. The normalized spacial score (nSPS) is 10.5. The first-order valence-corrected chi connectivity index (χ1v) is 8.72. The first-order valence-electron chi connectivity index (χ1n) is 6.20. The molecule has 0 aliphatic carbocycles. The summed E-state index contributed by atoms with van der Waals surface area (Å²) in [6.07, 6.45) is 1.14. The van der Waals surface area contributed by atoms with Gasteiger partial charge in [0.25, 0.3) is 15.8 Å². The van der Waals surface area contributed by atoms with Crippen LogP contribution in [0, 0.1) is 13.7 Å². The molecule has 2 aromatic rings. The minimum Gasteiger partial charge on any atom is -0.282 e. The fraction of sp³-hybridized carbons (Fsp3) is 0.143. The number of benzene rings is 2. The summed E-state index contributed by atoms with van der Waals surface area (Å²) in [7, 11) is -4.36. The Bertz CT molecular complexity index is 744. The van der Waals surface area contributed by atoms with Crippen molar-refractivity contribution in [1.82, 2.24) is 0 Å². The number of nitro benzene ring substituents is 1. The van der Waals surface area contributed by atoms with Crippen molar-refractivity contribution >= 4 is 38.4 Å². The van der Waals surface area contributed by atoms with Gasteiger partial charge in [-0.15, -0.1) is 0 Å². The molecule has 0 bridgehead atoms. The van der Waals surface area contributed by atoms with E-state index in [2.05, 4.69) is 53.8 Å². The summed E-state index contributed by atoms with van der Waals surface area (Å²) < 4.78 is 30.9. The van der Waals surface area contributed by atoms with E-state index in [4.69, 9.17) is 4.55 Å². The number of hydrogen-bond donors (Lipinski definition) is 1. The van der Waals surface area contributed by atoms with Gasteiger partial charge in [-0.1, -0.05) is 25.1 Å². The zero-order valence-corrected chi connectivity index (χ0v) is 14.6. The summed E-state index contributed by atoms with van der Waals surface area (Å²) >= 11 is 2.31. The lowest BCUT2D eigenvalue weighted by Gasteiger charge is -1.95. The van der Waals surface area contributed by atoms with Crippen molar-refractivity contribution in [3.8, 4) is 0 Å². The lowest BCUT2D eigenvalue weighted by Crippen LogP contribution is -1.98. The summed E-state index contributed by atoms with van der Waals surface area (Å²) in [5.74, 6) is 0. The van der Waals surface area contributed by atoms with E-state index >= 15 is 0 Å². The molecule has 0 unspecified atom stereocenters. The number of rotatable bonds is 3. The van der Waals surface area contributed by atoms with Gasteiger partial charge in [-0.2, -0.15) is 8.42 Å². The van der Waals surface area contributed by atoms with Crippen molar-refractivity contribution in [3.63, 3.8) is 0 Å². The highest BCUT2D eigenvalue weighted by Crippen LogP contribution is 2.16. The molecule has 22 heavy (non-hydrogen) atoms. The molecule has 0 aliphatic rings. The molecule has 0 saturated heterocycles. The summed E-state index contributed by atoms with van der Waals surface area (Å²) in [6, 6.07) is 12.8. The SMILES string of the molecule is CCc1ccc(I)cc1.O=[N+]([O-])c1cccc(S(=O)(=O)O)c1. The lowest BCUT2D eigenvalue weighted by atomic mass is 10.2. The molecule has 8 heteroatoms. The van der Waals surface area contributed by atoms with Gasteiger partial charge in [0.1, 0.15) is 4.90 Å². The Morgan fingerprint density at radius 3 is 2.23 bits per heavy atom. The van der Waals surface area contributed by atoms with Crippen LogP contribution < -0.4 is 0 Å². The lowest BCUT2D eigenvalue weighted by molar-refractivity contribution is -0.385. The van der Waals surface area contributed by atoms with Crippen LogP contribution in [0.1, 0.15) is 12.5 Å². The Hall–Kier alpha value is -1.52. The fourth-order valence-corrected chi connectivity index (χ4v) is 2.36. The third-order valence-electron chi connectivity index (χ3n) is 2.65. The highest BCUT2D eigenvalue weighted by Gasteiger charge is 2.13. The number of hydrogen-bond acceptors (Lipinski definition) is 4. The topological polar surface area (TPSA) is 97.5 Å². The maximum atomic E-state index is 10.5. The number of nitrogens with zero attached hydrogens (tertiary/aromatic N) is 1. The van der Waals surface area contributed by atoms with Gasteiger partial charge >= 0.3 is 0 Å². The van der Waals surface area contributed by atoms with E-state index in [9.17, 15) is 18.5 Å². The standard InChI is InChI=1S/C8H9I.C6H5NO5S/c1-2-7-3-5-8(9)6-4-7;8-7(9)5-2-1-3-6(4-5)13(10,11)12/h3-6H,2H2,1H3;1-4H,(H,10,11,12). The molecule has 2 rings (SSSR count). The zero-order chi connectivity index (χ0) is 16.8. The minimum absolute atomic E-state index is 0.380. The van der Waals surface area contributed by atoms with E-state index in [1.807, 2.05) is 0 Å². The molecular weight excluding hydrogens is 421 g/mol. The van der Waals surface area contributed by atoms with Crippen molar-refractivity contribution in [2.24, 2.45) is 0 Å². The summed E-state index contributed by atoms with van der Waals surface area (Å²) in [5, 5.41) is 10.2. The predicted octanol–water partition coefficient (Wildman–Crippen LogP) is 3.70. The Morgan fingerprint density at radius 1 is 1.18 bits per heavy atom. The molecule has 6 nitrogen and oxygen atoms in total. The smallest absolute Gasteiger partial charge is 0.282 e. The second kappa shape index (κ2) is 8.20. The maximum Gasteiger partial charge on any atom is 0.294 e. The van der Waals surface area contributed by atoms with Crippen LogP contribution >= 0.6 is 22.6 Å². The molecule has 0 radical (unpaired) electrons. The molecule has 0 aliphatic heterocycles. The Balaban J connectivity index is 0.000000235. The van der Waals surface area contributed by atoms with Gasteiger partial charge < -0.3 is 0 Å². The largest absolute Gasteiger partial charge is 0.294 e. The summed E-state index contributed by atoms with van der Waals surface area (Å²) in [5.41, 5.74) is 1.03. The Morgan fingerprint density at radius 2 is 1.77 bits per heavy atom. The van der Waals surface area contributed by atoms with Crippen LogP contribution in [0.4, 0.5) is 5.69 Å². The van der Waals surface area contributed by atoms with Gasteiger partial charge in [0.15, 0.2) is 0 Å². The molecule has 0 spiro atoms. The van der Waals surface area contributed by atoms with Gasteiger partial charge in [0.2, 0.25) is 0 Å². The molecule has 118 valence electrons. The predicted molar refractivity (Wildman–Crippen MR) is 91.4 cm³/mol. The average molecular weight is 435 g/mol. The Kier molecular flexibility index (Phi) is 6.91. The van der Waals surface area contributed by atoms with E-state index < -0.39 is 19.9 Å². The van der Waals surface area contributed by atoms with Gasteiger partial charge in [-0.25, -0.2) is 0 Å². The van der Waals surface area contributed by atoms with Crippen molar-refractivity contribution in [2.75, 3.05) is 0 Å². The quantitative estimate of drug-likeness (QED) is 0.343. The second-order valence-electron chi connectivity index (χ2n) is 4.21. The fourth-order valence-electron chi connectivity index (χ4n) is 1.48. The van der Waals surface area contributed by atoms with Crippen LogP contribution in [0.25, 0.3) is 0 Å². The third kappa shape index (κ3) is 6.08. The molecule has 1 N–H and O–H groups in total. The first kappa shape index (κ1) is 18.5. The zero-order valence-electron chi connectivity index (χ0n) is 11.6. The highest BCUT2D eigenvalue weighted by molar-refractivity contribution is 14.1. The molecule has 2 aromatic carbocycles. The van der Waals surface area contributed by atoms with Crippen LogP contribution in [0.2, 0.25) is 0 Å². The van der Waals surface area contributed by atoms with Crippen LogP contribution in [-0.4, -0.2) is 17.9 Å². The maximum absolute atomic E-state index is 10.5. The van der Waals surface area contributed by atoms with Gasteiger partial charge in [0, 0.05) is 15.7 Å². The molecule has 0 aromatic heterocycles. The third-order valence-corrected chi connectivity index (χ3v) is 4.22. The average Bonchev–Trinajstić information content (AvgIpc) is 2.48. The van der Waals surface area contributed by atoms with E-state index in [-0.39, 0.29) is 5.69 Å². The van der Waals surface area contributed by atoms with Crippen molar-refractivity contribution < 1.29 is 17.9 Å². The van der Waals surface area contributed by atoms with Crippen LogP contribution in [0.3, 0.4) is 0 Å².